The smallest absolute Gasteiger partial charge is 0.416 e. The van der Waals surface area contributed by atoms with Crippen LogP contribution in [0.4, 0.5) is 19.1 Å². The highest BCUT2D eigenvalue weighted by atomic mass is 19.4. The number of rotatable bonds is 5. The number of nitrogens with one attached hydrogen (secondary N) is 1. The number of furan rings is 1. The third kappa shape index (κ3) is 4.23. The first-order valence-corrected chi connectivity index (χ1v) is 8.25. The highest BCUT2D eigenvalue weighted by Crippen LogP contribution is 2.32. The number of hydrogen-bond donors (Lipinski definition) is 1. The van der Waals surface area contributed by atoms with Gasteiger partial charge < -0.3 is 8.83 Å². The molecule has 0 spiro atoms. The number of nitrogens with zero attached hydrogens (tertiary/aromatic N) is 3. The van der Waals surface area contributed by atoms with Crippen LogP contribution in [0.15, 0.2) is 50.3 Å². The maximum atomic E-state index is 12.8. The molecule has 0 amide bonds. The number of anilines is 1. The van der Waals surface area contributed by atoms with E-state index in [9.17, 15) is 13.2 Å². The summed E-state index contributed by atoms with van der Waals surface area (Å²) in [7, 11) is 0. The Morgan fingerprint density at radius 3 is 2.68 bits per heavy atom. The van der Waals surface area contributed by atoms with Crippen LogP contribution in [-0.4, -0.2) is 11.2 Å². The highest BCUT2D eigenvalue weighted by molar-refractivity contribution is 5.78. The van der Waals surface area contributed by atoms with Crippen molar-refractivity contribution in [3.05, 3.63) is 59.3 Å². The van der Waals surface area contributed by atoms with Gasteiger partial charge >= 0.3 is 6.18 Å². The number of nitriles is 1. The average molecular weight is 388 g/mol. The molecule has 0 unspecified atom stereocenters. The SMILES string of the molecule is CC(C)c1nc(C#N)c(NN=Cc2ccc(-c3cccc(C(F)(F)F)c3)o2)o1. The maximum absolute atomic E-state index is 12.8. The lowest BCUT2D eigenvalue weighted by Gasteiger charge is -2.07. The van der Waals surface area contributed by atoms with E-state index in [1.165, 1.54) is 18.3 Å². The van der Waals surface area contributed by atoms with E-state index < -0.39 is 11.7 Å². The predicted octanol–water partition coefficient (Wildman–Crippen LogP) is 5.39. The maximum Gasteiger partial charge on any atom is 0.416 e. The molecule has 0 bridgehead atoms. The largest absolute Gasteiger partial charge is 0.455 e. The minimum Gasteiger partial charge on any atom is -0.455 e. The quantitative estimate of drug-likeness (QED) is 0.467. The number of aromatic nitrogens is 1. The summed E-state index contributed by atoms with van der Waals surface area (Å²) in [6.07, 6.45) is -3.11. The molecule has 1 N–H and O–H groups in total. The lowest BCUT2D eigenvalue weighted by Crippen LogP contribution is -2.04. The summed E-state index contributed by atoms with van der Waals surface area (Å²) in [6, 6.07) is 9.86. The molecule has 0 saturated heterocycles. The summed E-state index contributed by atoms with van der Waals surface area (Å²) in [5.41, 5.74) is 2.19. The van der Waals surface area contributed by atoms with Gasteiger partial charge in [0.2, 0.25) is 11.6 Å². The number of oxazole rings is 1. The van der Waals surface area contributed by atoms with Gasteiger partial charge in [-0.05, 0) is 24.3 Å². The Morgan fingerprint density at radius 1 is 1.21 bits per heavy atom. The average Bonchev–Trinajstić information content (AvgIpc) is 3.28. The second kappa shape index (κ2) is 7.60. The van der Waals surface area contributed by atoms with Crippen molar-refractivity contribution in [2.24, 2.45) is 5.10 Å². The number of benzene rings is 1. The molecule has 9 heteroatoms. The second-order valence-corrected chi connectivity index (χ2v) is 6.15. The number of alkyl halides is 3. The number of halogens is 3. The van der Waals surface area contributed by atoms with Crippen LogP contribution >= 0.6 is 0 Å². The van der Waals surface area contributed by atoms with Crippen LogP contribution in [0.5, 0.6) is 0 Å². The molecule has 0 atom stereocenters. The van der Waals surface area contributed by atoms with Crippen molar-refractivity contribution in [3.8, 4) is 17.4 Å². The molecule has 0 aliphatic carbocycles. The summed E-state index contributed by atoms with van der Waals surface area (Å²) in [4.78, 5) is 4.05. The van der Waals surface area contributed by atoms with Gasteiger partial charge in [0.1, 0.15) is 17.6 Å². The molecule has 0 saturated carbocycles. The molecule has 1 aromatic carbocycles. The second-order valence-electron chi connectivity index (χ2n) is 6.15. The molecule has 28 heavy (non-hydrogen) atoms. The normalized spacial score (nSPS) is 11.9. The van der Waals surface area contributed by atoms with Crippen molar-refractivity contribution in [1.29, 1.82) is 5.26 Å². The Bertz CT molecular complexity index is 1040. The van der Waals surface area contributed by atoms with Gasteiger partial charge in [0, 0.05) is 11.5 Å². The molecule has 144 valence electrons. The lowest BCUT2D eigenvalue weighted by molar-refractivity contribution is -0.137. The Balaban J connectivity index is 1.74. The highest BCUT2D eigenvalue weighted by Gasteiger charge is 2.30. The van der Waals surface area contributed by atoms with Gasteiger partial charge in [0.05, 0.1) is 11.8 Å². The lowest BCUT2D eigenvalue weighted by atomic mass is 10.1. The van der Waals surface area contributed by atoms with E-state index in [2.05, 4.69) is 15.5 Å². The zero-order valence-electron chi connectivity index (χ0n) is 14.9. The standard InChI is InChI=1S/C19H15F3N4O2/c1-11(2)17-25-15(9-23)18(28-17)26-24-10-14-6-7-16(27-14)12-4-3-5-13(8-12)19(20,21)22/h3-8,10-11,26H,1-2H3. The predicted molar refractivity (Wildman–Crippen MR) is 95.7 cm³/mol. The summed E-state index contributed by atoms with van der Waals surface area (Å²) < 4.78 is 49.4. The van der Waals surface area contributed by atoms with Crippen molar-refractivity contribution in [2.45, 2.75) is 25.9 Å². The van der Waals surface area contributed by atoms with Crippen LogP contribution in [0.1, 0.15) is 42.7 Å². The Kier molecular flexibility index (Phi) is 5.22. The van der Waals surface area contributed by atoms with Gasteiger partial charge in [0.25, 0.3) is 5.88 Å². The molecule has 0 aliphatic heterocycles. The topological polar surface area (TPSA) is 87.4 Å². The van der Waals surface area contributed by atoms with Gasteiger partial charge in [-0.15, -0.1) is 0 Å². The Labute approximate surface area is 158 Å². The summed E-state index contributed by atoms with van der Waals surface area (Å²) in [5.74, 6) is 1.09. The molecule has 0 fully saturated rings. The van der Waals surface area contributed by atoms with Gasteiger partial charge in [-0.3, -0.25) is 0 Å². The van der Waals surface area contributed by atoms with Crippen molar-refractivity contribution in [2.75, 3.05) is 5.43 Å². The third-order valence-corrected chi connectivity index (χ3v) is 3.70. The molecular weight excluding hydrogens is 373 g/mol. The third-order valence-electron chi connectivity index (χ3n) is 3.70. The van der Waals surface area contributed by atoms with E-state index in [4.69, 9.17) is 14.1 Å². The number of hydrogen-bond acceptors (Lipinski definition) is 6. The zero-order chi connectivity index (χ0) is 20.3. The van der Waals surface area contributed by atoms with Crippen molar-refractivity contribution < 1.29 is 22.0 Å². The van der Waals surface area contributed by atoms with Crippen molar-refractivity contribution in [1.82, 2.24) is 4.98 Å². The monoisotopic (exact) mass is 388 g/mol. The summed E-state index contributed by atoms with van der Waals surface area (Å²) in [6.45, 7) is 3.75. The van der Waals surface area contributed by atoms with Gasteiger partial charge in [-0.1, -0.05) is 26.0 Å². The minimum atomic E-state index is -4.43. The van der Waals surface area contributed by atoms with E-state index in [0.717, 1.165) is 12.1 Å². The fraction of sp³-hybridized carbons (Fsp3) is 0.211. The van der Waals surface area contributed by atoms with Crippen molar-refractivity contribution >= 4 is 12.1 Å². The first kappa shape index (κ1) is 19.2. The molecular formula is C19H15F3N4O2. The Hall–Kier alpha value is -3.54. The fourth-order valence-electron chi connectivity index (χ4n) is 2.32. The van der Waals surface area contributed by atoms with E-state index in [1.807, 2.05) is 19.9 Å². The molecule has 3 aromatic rings. The van der Waals surface area contributed by atoms with Crippen LogP contribution in [0.2, 0.25) is 0 Å². The molecule has 6 nitrogen and oxygen atoms in total. The fourth-order valence-corrected chi connectivity index (χ4v) is 2.32. The van der Waals surface area contributed by atoms with Crippen LogP contribution in [-0.2, 0) is 6.18 Å². The van der Waals surface area contributed by atoms with Crippen LogP contribution in [0.3, 0.4) is 0 Å². The van der Waals surface area contributed by atoms with Crippen LogP contribution in [0, 0.1) is 11.3 Å². The van der Waals surface area contributed by atoms with E-state index in [-0.39, 0.29) is 23.3 Å². The van der Waals surface area contributed by atoms with E-state index in [0.29, 0.717) is 17.2 Å². The number of hydrazone groups is 1. The molecule has 3 rings (SSSR count). The Morgan fingerprint density at radius 2 is 2.00 bits per heavy atom. The molecule has 0 aliphatic rings. The molecule has 2 aromatic heterocycles. The molecule has 0 radical (unpaired) electrons. The van der Waals surface area contributed by atoms with Crippen LogP contribution in [0.25, 0.3) is 11.3 Å². The first-order valence-electron chi connectivity index (χ1n) is 8.25. The zero-order valence-corrected chi connectivity index (χ0v) is 14.9. The summed E-state index contributed by atoms with van der Waals surface area (Å²) >= 11 is 0. The van der Waals surface area contributed by atoms with Gasteiger partial charge in [-0.25, -0.2) is 10.4 Å². The van der Waals surface area contributed by atoms with E-state index >= 15 is 0 Å². The van der Waals surface area contributed by atoms with Gasteiger partial charge in [-0.2, -0.15) is 23.5 Å². The first-order chi connectivity index (χ1) is 13.3. The van der Waals surface area contributed by atoms with E-state index in [1.54, 1.807) is 12.1 Å². The van der Waals surface area contributed by atoms with Gasteiger partial charge in [0.15, 0.2) is 0 Å². The molecule has 2 heterocycles. The minimum absolute atomic E-state index is 0.00623. The van der Waals surface area contributed by atoms with Crippen LogP contribution < -0.4 is 5.43 Å². The van der Waals surface area contributed by atoms with Crippen molar-refractivity contribution in [3.63, 3.8) is 0 Å². The summed E-state index contributed by atoms with van der Waals surface area (Å²) in [5, 5.41) is 13.0.